The first-order chi connectivity index (χ1) is 8.37. The van der Waals surface area contributed by atoms with Crippen molar-refractivity contribution in [1.82, 2.24) is 0 Å². The van der Waals surface area contributed by atoms with Crippen LogP contribution in [0.1, 0.15) is 20.3 Å². The zero-order valence-electron chi connectivity index (χ0n) is 10.6. The number of methoxy groups -OCH3 is 1. The topological polar surface area (TPSA) is 93.1 Å². The highest BCUT2D eigenvalue weighted by atomic mass is 16.5. The number of fused-ring (bicyclic) bond motifs is 2. The maximum atomic E-state index is 12.1. The molecule has 6 heteroatoms. The molecule has 0 radical (unpaired) electrons. The number of aliphatic hydroxyl groups is 2. The van der Waals surface area contributed by atoms with Crippen LogP contribution < -0.4 is 0 Å². The Kier molecular flexibility index (Phi) is 3.21. The van der Waals surface area contributed by atoms with Crippen LogP contribution in [0.25, 0.3) is 0 Å². The van der Waals surface area contributed by atoms with Crippen LogP contribution in [0.4, 0.5) is 0 Å². The van der Waals surface area contributed by atoms with Gasteiger partial charge in [-0.25, -0.2) is 0 Å². The van der Waals surface area contributed by atoms with Gasteiger partial charge in [0.2, 0.25) is 0 Å². The summed E-state index contributed by atoms with van der Waals surface area (Å²) in [7, 11) is 1.20. The molecule has 0 amide bonds. The fraction of sp³-hybridized carbons (Fsp3) is 0.833. The third-order valence-electron chi connectivity index (χ3n) is 4.29. The highest BCUT2D eigenvalue weighted by Crippen LogP contribution is 2.53. The van der Waals surface area contributed by atoms with E-state index in [9.17, 15) is 19.8 Å². The standard InChI is InChI=1S/C12H18O6/c1-5-8-4-7(14)9(15)12(5,11(16)17-3)10(18-8)6(2)13/h5,7-10,14-15H,4H2,1-3H3/t5-,7+,8+,9-,10+,12-/m1/s1. The second-order valence-corrected chi connectivity index (χ2v) is 5.13. The van der Waals surface area contributed by atoms with Crippen molar-refractivity contribution in [3.63, 3.8) is 0 Å². The molecule has 2 rings (SSSR count). The lowest BCUT2D eigenvalue weighted by Gasteiger charge is -2.42. The molecule has 0 spiro atoms. The van der Waals surface area contributed by atoms with Crippen molar-refractivity contribution < 1.29 is 29.3 Å². The summed E-state index contributed by atoms with van der Waals surface area (Å²) >= 11 is 0. The van der Waals surface area contributed by atoms with Crippen LogP contribution in [0, 0.1) is 11.3 Å². The van der Waals surface area contributed by atoms with E-state index in [2.05, 4.69) is 0 Å². The summed E-state index contributed by atoms with van der Waals surface area (Å²) in [5, 5.41) is 20.1. The van der Waals surface area contributed by atoms with E-state index in [0.29, 0.717) is 0 Å². The number of rotatable bonds is 2. The predicted octanol–water partition coefficient (Wildman–Crippen LogP) is -0.736. The summed E-state index contributed by atoms with van der Waals surface area (Å²) in [6, 6.07) is 0. The number of aliphatic hydroxyl groups excluding tert-OH is 2. The van der Waals surface area contributed by atoms with Crippen LogP contribution in [0.2, 0.25) is 0 Å². The quantitative estimate of drug-likeness (QED) is 0.634. The second kappa shape index (κ2) is 4.29. The molecule has 1 saturated carbocycles. The van der Waals surface area contributed by atoms with Gasteiger partial charge < -0.3 is 19.7 Å². The Bertz CT molecular complexity index is 381. The molecule has 0 aromatic rings. The highest BCUT2D eigenvalue weighted by molar-refractivity contribution is 5.91. The normalized spacial score (nSPS) is 46.8. The largest absolute Gasteiger partial charge is 0.468 e. The Morgan fingerprint density at radius 2 is 2.00 bits per heavy atom. The van der Waals surface area contributed by atoms with Crippen molar-refractivity contribution in [2.45, 2.75) is 44.7 Å². The van der Waals surface area contributed by atoms with Gasteiger partial charge in [-0.15, -0.1) is 0 Å². The van der Waals surface area contributed by atoms with Crippen molar-refractivity contribution in [2.24, 2.45) is 11.3 Å². The van der Waals surface area contributed by atoms with Crippen LogP contribution >= 0.6 is 0 Å². The summed E-state index contributed by atoms with van der Waals surface area (Å²) < 4.78 is 10.3. The molecule has 1 aliphatic carbocycles. The molecule has 0 aromatic heterocycles. The third kappa shape index (κ3) is 1.46. The van der Waals surface area contributed by atoms with Crippen molar-refractivity contribution >= 4 is 11.8 Å². The first kappa shape index (κ1) is 13.5. The molecule has 2 aliphatic rings. The van der Waals surface area contributed by atoms with Gasteiger partial charge in [-0.3, -0.25) is 9.59 Å². The lowest BCUT2D eigenvalue weighted by Crippen LogP contribution is -2.61. The summed E-state index contributed by atoms with van der Waals surface area (Å²) in [6.45, 7) is 3.04. The highest BCUT2D eigenvalue weighted by Gasteiger charge is 2.69. The molecule has 6 nitrogen and oxygen atoms in total. The second-order valence-electron chi connectivity index (χ2n) is 5.13. The zero-order valence-corrected chi connectivity index (χ0v) is 10.6. The van der Waals surface area contributed by atoms with Crippen LogP contribution in [0.3, 0.4) is 0 Å². The monoisotopic (exact) mass is 258 g/mol. The molecule has 2 N–H and O–H groups in total. The third-order valence-corrected chi connectivity index (χ3v) is 4.29. The molecule has 2 bridgehead atoms. The summed E-state index contributed by atoms with van der Waals surface area (Å²) in [5.41, 5.74) is -1.50. The van der Waals surface area contributed by atoms with E-state index >= 15 is 0 Å². The van der Waals surface area contributed by atoms with Gasteiger partial charge in [-0.1, -0.05) is 6.92 Å². The lowest BCUT2D eigenvalue weighted by molar-refractivity contribution is -0.181. The number of hydrogen-bond donors (Lipinski definition) is 2. The van der Waals surface area contributed by atoms with Gasteiger partial charge >= 0.3 is 5.97 Å². The fourth-order valence-electron chi connectivity index (χ4n) is 3.34. The van der Waals surface area contributed by atoms with Crippen LogP contribution in [0.5, 0.6) is 0 Å². The minimum Gasteiger partial charge on any atom is -0.468 e. The first-order valence-corrected chi connectivity index (χ1v) is 5.97. The van der Waals surface area contributed by atoms with E-state index in [-0.39, 0.29) is 18.1 Å². The SMILES string of the molecule is COC(=O)[C@]12[C@H](C)[C@H](C[C@H](O)[C@H]1O)O[C@H]2C(C)=O. The summed E-state index contributed by atoms with van der Waals surface area (Å²) in [6.07, 6.45) is -3.71. The Balaban J connectivity index is 2.54. The van der Waals surface area contributed by atoms with Gasteiger partial charge in [0.05, 0.1) is 25.4 Å². The van der Waals surface area contributed by atoms with Gasteiger partial charge in [0, 0.05) is 12.3 Å². The van der Waals surface area contributed by atoms with Gasteiger partial charge in [-0.2, -0.15) is 0 Å². The molecular formula is C12H18O6. The smallest absolute Gasteiger partial charge is 0.318 e. The van der Waals surface area contributed by atoms with E-state index < -0.39 is 35.8 Å². The van der Waals surface area contributed by atoms with E-state index in [1.165, 1.54) is 14.0 Å². The van der Waals surface area contributed by atoms with E-state index in [1.54, 1.807) is 6.92 Å². The number of Topliss-reactive ketones (excluding diaryl/α,β-unsaturated/α-hetero) is 1. The van der Waals surface area contributed by atoms with Crippen molar-refractivity contribution in [1.29, 1.82) is 0 Å². The molecular weight excluding hydrogens is 240 g/mol. The average molecular weight is 258 g/mol. The Morgan fingerprint density at radius 3 is 2.50 bits per heavy atom. The van der Waals surface area contributed by atoms with Gasteiger partial charge in [0.25, 0.3) is 0 Å². The summed E-state index contributed by atoms with van der Waals surface area (Å²) in [5.74, 6) is -1.43. The molecule has 1 aliphatic heterocycles. The van der Waals surface area contributed by atoms with Gasteiger partial charge in [0.15, 0.2) is 5.78 Å². The first-order valence-electron chi connectivity index (χ1n) is 5.97. The summed E-state index contributed by atoms with van der Waals surface area (Å²) in [4.78, 5) is 23.8. The molecule has 0 aromatic carbocycles. The lowest BCUT2D eigenvalue weighted by atomic mass is 9.61. The number of esters is 1. The minimum atomic E-state index is -1.50. The number of ether oxygens (including phenoxy) is 2. The molecule has 6 atom stereocenters. The Labute approximate surface area is 105 Å². The van der Waals surface area contributed by atoms with Crippen molar-refractivity contribution in [3.8, 4) is 0 Å². The molecule has 2 fully saturated rings. The average Bonchev–Trinajstić information content (AvgIpc) is 2.55. The van der Waals surface area contributed by atoms with Crippen LogP contribution in [-0.4, -0.2) is 53.5 Å². The maximum absolute atomic E-state index is 12.1. The Morgan fingerprint density at radius 1 is 1.39 bits per heavy atom. The molecule has 1 saturated heterocycles. The van der Waals surface area contributed by atoms with E-state index in [0.717, 1.165) is 0 Å². The van der Waals surface area contributed by atoms with Crippen LogP contribution in [-0.2, 0) is 19.1 Å². The number of carbonyl (C=O) groups excluding carboxylic acids is 2. The van der Waals surface area contributed by atoms with Crippen LogP contribution in [0.15, 0.2) is 0 Å². The van der Waals surface area contributed by atoms with Crippen molar-refractivity contribution in [3.05, 3.63) is 0 Å². The maximum Gasteiger partial charge on any atom is 0.318 e. The molecule has 0 unspecified atom stereocenters. The predicted molar refractivity (Wildman–Crippen MR) is 59.6 cm³/mol. The zero-order chi connectivity index (χ0) is 13.7. The molecule has 18 heavy (non-hydrogen) atoms. The minimum absolute atomic E-state index is 0.213. The molecule has 1 heterocycles. The number of ketones is 1. The molecule has 102 valence electrons. The van der Waals surface area contributed by atoms with Gasteiger partial charge in [-0.05, 0) is 6.92 Å². The number of carbonyl (C=O) groups is 2. The van der Waals surface area contributed by atoms with Crippen molar-refractivity contribution in [2.75, 3.05) is 7.11 Å². The van der Waals surface area contributed by atoms with E-state index in [4.69, 9.17) is 9.47 Å². The fourth-order valence-corrected chi connectivity index (χ4v) is 3.34. The number of hydrogen-bond acceptors (Lipinski definition) is 6. The van der Waals surface area contributed by atoms with E-state index in [1.807, 2.05) is 0 Å². The Hall–Kier alpha value is -0.980. The van der Waals surface area contributed by atoms with Gasteiger partial charge in [0.1, 0.15) is 11.5 Å².